The van der Waals surface area contributed by atoms with Gasteiger partial charge >= 0.3 is 0 Å². The number of pyridine rings is 1. The predicted molar refractivity (Wildman–Crippen MR) is 85.0 cm³/mol. The fourth-order valence-corrected chi connectivity index (χ4v) is 3.16. The van der Waals surface area contributed by atoms with Crippen LogP contribution in [0.4, 0.5) is 5.82 Å². The van der Waals surface area contributed by atoms with Gasteiger partial charge in [-0.3, -0.25) is 0 Å². The fraction of sp³-hybridized carbons (Fsp3) is 0.571. The molecule has 2 aromatic heterocycles. The van der Waals surface area contributed by atoms with E-state index in [1.165, 1.54) is 6.26 Å². The minimum atomic E-state index is -2.94. The average molecular weight is 310 g/mol. The highest BCUT2D eigenvalue weighted by molar-refractivity contribution is 7.90. The number of fused-ring (bicyclic) bond motifs is 1. The number of aromatic nitrogens is 3. The minimum absolute atomic E-state index is 0.178. The maximum atomic E-state index is 11.3. The summed E-state index contributed by atoms with van der Waals surface area (Å²) in [6, 6.07) is 0. The Labute approximate surface area is 125 Å². The van der Waals surface area contributed by atoms with E-state index in [1.807, 2.05) is 6.92 Å². The molecule has 0 unspecified atom stereocenters. The standard InChI is InChI=1S/C14H22N4O2S/c1-4-6-11-17-12-13(10(2)9-16-14(12)15)18(11)7-5-8-21(3,19)20/h9H,4-8H2,1-3H3,(H2,15,16). The molecule has 2 heterocycles. The lowest BCUT2D eigenvalue weighted by Crippen LogP contribution is -2.10. The molecule has 0 saturated heterocycles. The van der Waals surface area contributed by atoms with Crippen molar-refractivity contribution in [3.63, 3.8) is 0 Å². The number of nitrogens with two attached hydrogens (primary N) is 1. The van der Waals surface area contributed by atoms with E-state index in [-0.39, 0.29) is 5.75 Å². The highest BCUT2D eigenvalue weighted by atomic mass is 32.2. The first-order valence-corrected chi connectivity index (χ1v) is 9.17. The molecule has 0 aliphatic heterocycles. The van der Waals surface area contributed by atoms with Crippen LogP contribution in [-0.2, 0) is 22.8 Å². The number of rotatable bonds is 6. The summed E-state index contributed by atoms with van der Waals surface area (Å²) in [6.07, 6.45) is 5.39. The van der Waals surface area contributed by atoms with Crippen molar-refractivity contribution in [3.8, 4) is 0 Å². The Kier molecular flexibility index (Phi) is 4.51. The number of hydrogen-bond donors (Lipinski definition) is 1. The number of nitrogen functional groups attached to an aromatic ring is 1. The summed E-state index contributed by atoms with van der Waals surface area (Å²) in [4.78, 5) is 8.75. The number of hydrogen-bond acceptors (Lipinski definition) is 5. The van der Waals surface area contributed by atoms with Crippen molar-refractivity contribution in [3.05, 3.63) is 17.6 Å². The van der Waals surface area contributed by atoms with Gasteiger partial charge in [0.05, 0.1) is 11.3 Å². The lowest BCUT2D eigenvalue weighted by molar-refractivity contribution is 0.589. The molecule has 7 heteroatoms. The van der Waals surface area contributed by atoms with Crippen molar-refractivity contribution >= 4 is 26.7 Å². The normalized spacial score (nSPS) is 12.1. The van der Waals surface area contributed by atoms with Gasteiger partial charge in [0, 0.05) is 25.4 Å². The van der Waals surface area contributed by atoms with E-state index in [9.17, 15) is 8.42 Å². The Morgan fingerprint density at radius 2 is 2.10 bits per heavy atom. The first-order chi connectivity index (χ1) is 9.83. The molecule has 0 aliphatic carbocycles. The number of aryl methyl sites for hydroxylation is 3. The van der Waals surface area contributed by atoms with E-state index in [0.717, 1.165) is 35.3 Å². The van der Waals surface area contributed by atoms with Crippen LogP contribution in [-0.4, -0.2) is 35.0 Å². The molecule has 0 aromatic carbocycles. The molecule has 6 nitrogen and oxygen atoms in total. The molecule has 0 fully saturated rings. The van der Waals surface area contributed by atoms with Gasteiger partial charge in [0.1, 0.15) is 21.2 Å². The first kappa shape index (κ1) is 15.8. The molecular formula is C14H22N4O2S. The van der Waals surface area contributed by atoms with Gasteiger partial charge in [-0.25, -0.2) is 18.4 Å². The highest BCUT2D eigenvalue weighted by Gasteiger charge is 2.15. The van der Waals surface area contributed by atoms with Gasteiger partial charge in [0.2, 0.25) is 0 Å². The lowest BCUT2D eigenvalue weighted by Gasteiger charge is -2.10. The summed E-state index contributed by atoms with van der Waals surface area (Å²) in [5.41, 5.74) is 8.62. The van der Waals surface area contributed by atoms with Crippen LogP contribution in [0, 0.1) is 6.92 Å². The van der Waals surface area contributed by atoms with Crippen LogP contribution in [0.3, 0.4) is 0 Å². The van der Waals surface area contributed by atoms with Crippen molar-refractivity contribution < 1.29 is 8.42 Å². The highest BCUT2D eigenvalue weighted by Crippen LogP contribution is 2.24. The van der Waals surface area contributed by atoms with E-state index >= 15 is 0 Å². The van der Waals surface area contributed by atoms with E-state index in [0.29, 0.717) is 18.8 Å². The zero-order chi connectivity index (χ0) is 15.6. The third-order valence-electron chi connectivity index (χ3n) is 3.43. The van der Waals surface area contributed by atoms with Crippen molar-refractivity contribution in [1.29, 1.82) is 0 Å². The number of sulfone groups is 1. The molecule has 0 radical (unpaired) electrons. The maximum absolute atomic E-state index is 11.3. The Balaban J connectivity index is 2.43. The van der Waals surface area contributed by atoms with Crippen LogP contribution >= 0.6 is 0 Å². The molecule has 0 atom stereocenters. The van der Waals surface area contributed by atoms with Crippen molar-refractivity contribution in [1.82, 2.24) is 14.5 Å². The molecule has 0 bridgehead atoms. The van der Waals surface area contributed by atoms with Gasteiger partial charge < -0.3 is 10.3 Å². The van der Waals surface area contributed by atoms with Gasteiger partial charge in [0.15, 0.2) is 5.82 Å². The molecule has 21 heavy (non-hydrogen) atoms. The number of nitrogens with zero attached hydrogens (tertiary/aromatic N) is 3. The molecule has 116 valence electrons. The fourth-order valence-electron chi connectivity index (χ4n) is 2.51. The van der Waals surface area contributed by atoms with E-state index < -0.39 is 9.84 Å². The van der Waals surface area contributed by atoms with Crippen LogP contribution < -0.4 is 5.73 Å². The zero-order valence-electron chi connectivity index (χ0n) is 12.8. The topological polar surface area (TPSA) is 90.9 Å². The monoisotopic (exact) mass is 310 g/mol. The largest absolute Gasteiger partial charge is 0.382 e. The molecule has 2 rings (SSSR count). The molecule has 2 N–H and O–H groups in total. The summed E-state index contributed by atoms with van der Waals surface area (Å²) >= 11 is 0. The zero-order valence-corrected chi connectivity index (χ0v) is 13.6. The third kappa shape index (κ3) is 3.53. The number of imidazole rings is 1. The smallest absolute Gasteiger partial charge is 0.151 e. The molecule has 0 spiro atoms. The second kappa shape index (κ2) is 6.01. The van der Waals surface area contributed by atoms with Gasteiger partial charge in [-0.1, -0.05) is 6.92 Å². The Bertz CT molecular complexity index is 750. The Hall–Kier alpha value is -1.63. The summed E-state index contributed by atoms with van der Waals surface area (Å²) in [5.74, 6) is 1.55. The van der Waals surface area contributed by atoms with Crippen molar-refractivity contribution in [2.45, 2.75) is 39.7 Å². The molecule has 0 saturated carbocycles. The third-order valence-corrected chi connectivity index (χ3v) is 4.46. The summed E-state index contributed by atoms with van der Waals surface area (Å²) in [5, 5.41) is 0. The van der Waals surface area contributed by atoms with Crippen LogP contribution in [0.5, 0.6) is 0 Å². The van der Waals surface area contributed by atoms with E-state index in [2.05, 4.69) is 21.5 Å². The van der Waals surface area contributed by atoms with Crippen LogP contribution in [0.25, 0.3) is 11.0 Å². The molecule has 0 amide bonds. The average Bonchev–Trinajstić information content (AvgIpc) is 2.73. The SMILES string of the molecule is CCCc1nc2c(N)ncc(C)c2n1CCCS(C)(=O)=O. The lowest BCUT2D eigenvalue weighted by atomic mass is 10.2. The quantitative estimate of drug-likeness (QED) is 0.877. The van der Waals surface area contributed by atoms with Crippen LogP contribution in [0.15, 0.2) is 6.20 Å². The second-order valence-electron chi connectivity index (χ2n) is 5.44. The predicted octanol–water partition coefficient (Wildman–Crippen LogP) is 1.71. The van der Waals surface area contributed by atoms with Gasteiger partial charge in [-0.15, -0.1) is 0 Å². The summed E-state index contributed by atoms with van der Waals surface area (Å²) < 4.78 is 24.7. The van der Waals surface area contributed by atoms with Gasteiger partial charge in [0.25, 0.3) is 0 Å². The van der Waals surface area contributed by atoms with Crippen molar-refractivity contribution in [2.24, 2.45) is 0 Å². The van der Waals surface area contributed by atoms with Crippen molar-refractivity contribution in [2.75, 3.05) is 17.7 Å². The van der Waals surface area contributed by atoms with Gasteiger partial charge in [-0.05, 0) is 25.3 Å². The minimum Gasteiger partial charge on any atom is -0.382 e. The van der Waals surface area contributed by atoms with E-state index in [1.54, 1.807) is 6.20 Å². The molecule has 0 aliphatic rings. The van der Waals surface area contributed by atoms with E-state index in [4.69, 9.17) is 5.73 Å². The Morgan fingerprint density at radius 3 is 2.71 bits per heavy atom. The Morgan fingerprint density at radius 1 is 1.38 bits per heavy atom. The molecule has 2 aromatic rings. The summed E-state index contributed by atoms with van der Waals surface area (Å²) in [7, 11) is -2.94. The maximum Gasteiger partial charge on any atom is 0.151 e. The second-order valence-corrected chi connectivity index (χ2v) is 7.70. The first-order valence-electron chi connectivity index (χ1n) is 7.11. The van der Waals surface area contributed by atoms with Crippen LogP contribution in [0.2, 0.25) is 0 Å². The number of anilines is 1. The molecular weight excluding hydrogens is 288 g/mol. The van der Waals surface area contributed by atoms with Gasteiger partial charge in [-0.2, -0.15) is 0 Å². The summed E-state index contributed by atoms with van der Waals surface area (Å²) in [6.45, 7) is 4.69. The van der Waals surface area contributed by atoms with Crippen LogP contribution in [0.1, 0.15) is 31.2 Å².